The van der Waals surface area contributed by atoms with Gasteiger partial charge in [-0.3, -0.25) is 0 Å². The largest absolute Gasteiger partial charge is 0.381 e. The third-order valence-corrected chi connectivity index (χ3v) is 3.99. The number of hydrogen-bond donors (Lipinski definition) is 0. The molecule has 0 amide bonds. The number of aromatic nitrogens is 2. The molecule has 0 radical (unpaired) electrons. The Kier molecular flexibility index (Phi) is 2.90. The third-order valence-electron chi connectivity index (χ3n) is 3.68. The monoisotopic (exact) mass is 240 g/mol. The van der Waals surface area contributed by atoms with Gasteiger partial charge >= 0.3 is 0 Å². The van der Waals surface area contributed by atoms with Crippen molar-refractivity contribution in [2.75, 3.05) is 13.2 Å². The van der Waals surface area contributed by atoms with E-state index in [-0.39, 0.29) is 0 Å². The van der Waals surface area contributed by atoms with Crippen molar-refractivity contribution in [3.8, 4) is 0 Å². The average molecular weight is 241 g/mol. The number of rotatable bonds is 1. The van der Waals surface area contributed by atoms with Gasteiger partial charge in [0.05, 0.1) is 5.69 Å². The maximum absolute atomic E-state index is 6.22. The van der Waals surface area contributed by atoms with Gasteiger partial charge < -0.3 is 9.30 Å². The van der Waals surface area contributed by atoms with Gasteiger partial charge in [-0.15, -0.1) is 0 Å². The fourth-order valence-electron chi connectivity index (χ4n) is 2.79. The molecule has 1 saturated heterocycles. The minimum Gasteiger partial charge on any atom is -0.381 e. The van der Waals surface area contributed by atoms with Gasteiger partial charge in [0.1, 0.15) is 5.82 Å². The highest BCUT2D eigenvalue weighted by Crippen LogP contribution is 2.32. The van der Waals surface area contributed by atoms with E-state index in [4.69, 9.17) is 16.3 Å². The van der Waals surface area contributed by atoms with Crippen molar-refractivity contribution in [2.45, 2.75) is 44.6 Å². The van der Waals surface area contributed by atoms with Gasteiger partial charge in [0, 0.05) is 25.7 Å². The van der Waals surface area contributed by atoms with Crippen LogP contribution in [-0.4, -0.2) is 22.8 Å². The Balaban J connectivity index is 1.93. The Morgan fingerprint density at radius 3 is 2.88 bits per heavy atom. The molecule has 1 fully saturated rings. The van der Waals surface area contributed by atoms with E-state index in [1.54, 1.807) is 0 Å². The Bertz CT molecular complexity index is 383. The number of halogens is 1. The molecule has 0 aromatic carbocycles. The Hall–Kier alpha value is -0.540. The van der Waals surface area contributed by atoms with Crippen molar-refractivity contribution < 1.29 is 4.74 Å². The molecule has 0 aliphatic carbocycles. The molecule has 4 heteroatoms. The molecule has 0 saturated carbocycles. The molecule has 1 aromatic heterocycles. The molecule has 1 aromatic rings. The lowest BCUT2D eigenvalue weighted by molar-refractivity contribution is 0.0826. The van der Waals surface area contributed by atoms with Crippen LogP contribution in [0.3, 0.4) is 0 Å². The van der Waals surface area contributed by atoms with Crippen molar-refractivity contribution in [3.05, 3.63) is 16.7 Å². The SMILES string of the molecule is Clc1nc(C2CCOCC2)n2c1CCCC2. The molecule has 0 N–H and O–H groups in total. The van der Waals surface area contributed by atoms with E-state index in [1.807, 2.05) is 0 Å². The predicted molar refractivity (Wildman–Crippen MR) is 63.0 cm³/mol. The molecule has 3 rings (SSSR count). The average Bonchev–Trinajstić information content (AvgIpc) is 2.69. The van der Waals surface area contributed by atoms with Crippen LogP contribution in [0.5, 0.6) is 0 Å². The summed E-state index contributed by atoms with van der Waals surface area (Å²) in [7, 11) is 0. The summed E-state index contributed by atoms with van der Waals surface area (Å²) in [5.74, 6) is 1.76. The second kappa shape index (κ2) is 4.38. The first-order chi connectivity index (χ1) is 7.86. The molecule has 0 unspecified atom stereocenters. The Labute approximate surface area is 101 Å². The zero-order chi connectivity index (χ0) is 11.0. The second-order valence-electron chi connectivity index (χ2n) is 4.70. The Morgan fingerprint density at radius 1 is 1.25 bits per heavy atom. The third kappa shape index (κ3) is 1.76. The van der Waals surface area contributed by atoms with Crippen molar-refractivity contribution in [1.82, 2.24) is 9.55 Å². The van der Waals surface area contributed by atoms with Crippen molar-refractivity contribution in [3.63, 3.8) is 0 Å². The summed E-state index contributed by atoms with van der Waals surface area (Å²) in [6, 6.07) is 0. The highest BCUT2D eigenvalue weighted by Gasteiger charge is 2.25. The van der Waals surface area contributed by atoms with E-state index in [2.05, 4.69) is 9.55 Å². The standard InChI is InChI=1S/C12H17ClN2O/c13-11-10-3-1-2-6-15(10)12(14-11)9-4-7-16-8-5-9/h9H,1-8H2. The van der Waals surface area contributed by atoms with E-state index in [1.165, 1.54) is 24.4 Å². The summed E-state index contributed by atoms with van der Waals surface area (Å²) in [5, 5.41) is 0.737. The van der Waals surface area contributed by atoms with Crippen molar-refractivity contribution in [1.29, 1.82) is 0 Å². The molecule has 2 aliphatic rings. The maximum Gasteiger partial charge on any atom is 0.150 e. The predicted octanol–water partition coefficient (Wildman–Crippen LogP) is 2.77. The lowest BCUT2D eigenvalue weighted by Crippen LogP contribution is -2.20. The van der Waals surface area contributed by atoms with Gasteiger partial charge in [0.15, 0.2) is 5.15 Å². The van der Waals surface area contributed by atoms with Gasteiger partial charge in [-0.05, 0) is 32.1 Å². The van der Waals surface area contributed by atoms with E-state index in [0.717, 1.165) is 44.2 Å². The molecule has 3 heterocycles. The summed E-state index contributed by atoms with van der Waals surface area (Å²) >= 11 is 6.22. The molecule has 0 atom stereocenters. The summed E-state index contributed by atoms with van der Waals surface area (Å²) < 4.78 is 7.76. The van der Waals surface area contributed by atoms with Crippen molar-refractivity contribution in [2.24, 2.45) is 0 Å². The highest BCUT2D eigenvalue weighted by molar-refractivity contribution is 6.30. The summed E-state index contributed by atoms with van der Waals surface area (Å²) in [5.41, 5.74) is 1.26. The first-order valence-electron chi connectivity index (χ1n) is 6.19. The normalized spacial score (nSPS) is 22.1. The number of fused-ring (bicyclic) bond motifs is 1. The van der Waals surface area contributed by atoms with Crippen LogP contribution in [0, 0.1) is 0 Å². The van der Waals surface area contributed by atoms with Crippen LogP contribution in [0.15, 0.2) is 0 Å². The zero-order valence-electron chi connectivity index (χ0n) is 9.41. The topological polar surface area (TPSA) is 27.1 Å². The van der Waals surface area contributed by atoms with Crippen LogP contribution in [-0.2, 0) is 17.7 Å². The highest BCUT2D eigenvalue weighted by atomic mass is 35.5. The van der Waals surface area contributed by atoms with Crippen LogP contribution in [0.1, 0.15) is 43.1 Å². The van der Waals surface area contributed by atoms with Gasteiger partial charge in [-0.1, -0.05) is 11.6 Å². The molecule has 0 spiro atoms. The number of hydrogen-bond acceptors (Lipinski definition) is 2. The fourth-order valence-corrected chi connectivity index (χ4v) is 3.08. The molecular weight excluding hydrogens is 224 g/mol. The molecule has 0 bridgehead atoms. The lowest BCUT2D eigenvalue weighted by Gasteiger charge is -2.24. The Morgan fingerprint density at radius 2 is 2.06 bits per heavy atom. The van der Waals surface area contributed by atoms with Crippen LogP contribution in [0.25, 0.3) is 0 Å². The van der Waals surface area contributed by atoms with Crippen LogP contribution in [0.4, 0.5) is 0 Å². The van der Waals surface area contributed by atoms with Gasteiger partial charge in [0.2, 0.25) is 0 Å². The molecule has 3 nitrogen and oxygen atoms in total. The van der Waals surface area contributed by atoms with Crippen LogP contribution < -0.4 is 0 Å². The van der Waals surface area contributed by atoms with Gasteiger partial charge in [-0.2, -0.15) is 0 Å². The summed E-state index contributed by atoms with van der Waals surface area (Å²) in [6.45, 7) is 2.83. The molecular formula is C12H17ClN2O. The number of ether oxygens (including phenoxy) is 1. The number of imidazole rings is 1. The van der Waals surface area contributed by atoms with Crippen LogP contribution in [0.2, 0.25) is 5.15 Å². The molecule has 16 heavy (non-hydrogen) atoms. The van der Waals surface area contributed by atoms with Gasteiger partial charge in [-0.25, -0.2) is 4.98 Å². The minimum atomic E-state index is 0.554. The van der Waals surface area contributed by atoms with E-state index < -0.39 is 0 Å². The zero-order valence-corrected chi connectivity index (χ0v) is 10.2. The maximum atomic E-state index is 6.22. The second-order valence-corrected chi connectivity index (χ2v) is 5.06. The summed E-state index contributed by atoms with van der Waals surface area (Å²) in [4.78, 5) is 4.59. The lowest BCUT2D eigenvalue weighted by atomic mass is 9.99. The first-order valence-corrected chi connectivity index (χ1v) is 6.56. The van der Waals surface area contributed by atoms with E-state index in [9.17, 15) is 0 Å². The van der Waals surface area contributed by atoms with Crippen molar-refractivity contribution >= 4 is 11.6 Å². The van der Waals surface area contributed by atoms with Gasteiger partial charge in [0.25, 0.3) is 0 Å². The summed E-state index contributed by atoms with van der Waals surface area (Å²) in [6.07, 6.45) is 5.78. The van der Waals surface area contributed by atoms with E-state index >= 15 is 0 Å². The smallest absolute Gasteiger partial charge is 0.150 e. The molecule has 88 valence electrons. The van der Waals surface area contributed by atoms with E-state index in [0.29, 0.717) is 5.92 Å². The first kappa shape index (κ1) is 10.6. The molecule has 2 aliphatic heterocycles. The number of nitrogens with zero attached hydrogens (tertiary/aromatic N) is 2. The minimum absolute atomic E-state index is 0.554. The van der Waals surface area contributed by atoms with Crippen LogP contribution >= 0.6 is 11.6 Å². The quantitative estimate of drug-likeness (QED) is 0.755. The fraction of sp³-hybridized carbons (Fsp3) is 0.750.